The van der Waals surface area contributed by atoms with Gasteiger partial charge in [-0.05, 0) is 17.8 Å². The highest BCUT2D eigenvalue weighted by atomic mass is 16.5. The highest BCUT2D eigenvalue weighted by Gasteiger charge is 2.41. The Morgan fingerprint density at radius 3 is 2.45 bits per heavy atom. The van der Waals surface area contributed by atoms with Crippen LogP contribution < -0.4 is 0 Å². The lowest BCUT2D eigenvalue weighted by Gasteiger charge is -2.32. The van der Waals surface area contributed by atoms with Gasteiger partial charge in [-0.1, -0.05) is 70.9 Å². The smallest absolute Gasteiger partial charge is 0.307 e. The summed E-state index contributed by atoms with van der Waals surface area (Å²) in [5, 5.41) is 14.0. The van der Waals surface area contributed by atoms with Gasteiger partial charge in [0.2, 0.25) is 11.8 Å². The van der Waals surface area contributed by atoms with Gasteiger partial charge in [0.15, 0.2) is 5.82 Å². The molecule has 164 valence electrons. The van der Waals surface area contributed by atoms with Crippen LogP contribution in [0.3, 0.4) is 0 Å². The number of amides is 1. The van der Waals surface area contributed by atoms with E-state index in [0.29, 0.717) is 11.7 Å². The van der Waals surface area contributed by atoms with Crippen molar-refractivity contribution in [2.45, 2.75) is 91.5 Å². The van der Waals surface area contributed by atoms with Crippen LogP contribution in [0.4, 0.5) is 0 Å². The molecule has 7 nitrogen and oxygen atoms in total. The summed E-state index contributed by atoms with van der Waals surface area (Å²) in [7, 11) is 1.68. The van der Waals surface area contributed by atoms with Crippen molar-refractivity contribution in [3.8, 4) is 0 Å². The number of nitrogens with zero attached hydrogens (tertiary/aromatic N) is 3. The van der Waals surface area contributed by atoms with E-state index in [2.05, 4.69) is 10.1 Å². The Bertz CT molecular complexity index is 674. The summed E-state index contributed by atoms with van der Waals surface area (Å²) in [6.45, 7) is 7.57. The third-order valence-corrected chi connectivity index (χ3v) is 6.17. The zero-order valence-electron chi connectivity index (χ0n) is 18.6. The van der Waals surface area contributed by atoms with Crippen LogP contribution in [-0.2, 0) is 16.1 Å². The second kappa shape index (κ2) is 10.2. The average Bonchev–Trinajstić information content (AvgIpc) is 3.08. The molecule has 0 aromatic carbocycles. The summed E-state index contributed by atoms with van der Waals surface area (Å²) >= 11 is 0. The van der Waals surface area contributed by atoms with Gasteiger partial charge < -0.3 is 14.5 Å². The molecule has 2 atom stereocenters. The molecule has 0 bridgehead atoms. The van der Waals surface area contributed by atoms with E-state index in [-0.39, 0.29) is 18.4 Å². The number of hydrogen-bond donors (Lipinski definition) is 1. The molecule has 1 N–H and O–H groups in total. The summed E-state index contributed by atoms with van der Waals surface area (Å²) in [5.41, 5.74) is -0.438. The standard InChI is InChI=1S/C22H37N3O4/c1-15(26)25(5)14-18-23-20(29-24-18)17(19(21(27)28)22(2,3)4)13-9-12-16-10-7-6-8-11-16/h16-17,19H,6-14H2,1-5H3,(H,27,28)/t17-,19?/m1/s1. The molecule has 1 aromatic heterocycles. The zero-order valence-corrected chi connectivity index (χ0v) is 18.6. The highest BCUT2D eigenvalue weighted by Crippen LogP contribution is 2.41. The van der Waals surface area contributed by atoms with E-state index in [9.17, 15) is 14.7 Å². The predicted octanol–water partition coefficient (Wildman–Crippen LogP) is 4.63. The van der Waals surface area contributed by atoms with Gasteiger partial charge in [-0.3, -0.25) is 9.59 Å². The third kappa shape index (κ3) is 6.82. The van der Waals surface area contributed by atoms with E-state index in [0.717, 1.165) is 25.2 Å². The molecular formula is C22H37N3O4. The summed E-state index contributed by atoms with van der Waals surface area (Å²) in [4.78, 5) is 29.6. The second-order valence-electron chi connectivity index (χ2n) is 9.65. The normalized spacial score (nSPS) is 17.7. The van der Waals surface area contributed by atoms with Crippen LogP contribution in [0.5, 0.6) is 0 Å². The first-order valence-corrected chi connectivity index (χ1v) is 10.9. The molecule has 2 rings (SSSR count). The average molecular weight is 408 g/mol. The molecule has 1 aliphatic rings. The van der Waals surface area contributed by atoms with Crippen molar-refractivity contribution in [2.24, 2.45) is 17.3 Å². The maximum atomic E-state index is 12.2. The summed E-state index contributed by atoms with van der Waals surface area (Å²) < 4.78 is 5.51. The molecule has 0 spiro atoms. The third-order valence-electron chi connectivity index (χ3n) is 6.17. The summed E-state index contributed by atoms with van der Waals surface area (Å²) in [5.74, 6) is -0.326. The fourth-order valence-corrected chi connectivity index (χ4v) is 4.49. The molecule has 0 aliphatic heterocycles. The fourth-order valence-electron chi connectivity index (χ4n) is 4.49. The minimum absolute atomic E-state index is 0.0847. The summed E-state index contributed by atoms with van der Waals surface area (Å²) in [6.07, 6.45) is 9.33. The lowest BCUT2D eigenvalue weighted by Crippen LogP contribution is -2.34. The number of aliphatic carboxylic acids is 1. The fraction of sp³-hybridized carbons (Fsp3) is 0.818. The Morgan fingerprint density at radius 1 is 1.24 bits per heavy atom. The van der Waals surface area contributed by atoms with Crippen molar-refractivity contribution in [3.05, 3.63) is 11.7 Å². The molecule has 0 radical (unpaired) electrons. The first kappa shape index (κ1) is 23.4. The number of carboxylic acids is 1. The van der Waals surface area contributed by atoms with E-state index in [4.69, 9.17) is 4.52 Å². The predicted molar refractivity (Wildman–Crippen MR) is 110 cm³/mol. The minimum atomic E-state index is -0.833. The van der Waals surface area contributed by atoms with Crippen LogP contribution in [0.25, 0.3) is 0 Å². The largest absolute Gasteiger partial charge is 0.481 e. The van der Waals surface area contributed by atoms with Crippen LogP contribution in [0.2, 0.25) is 0 Å². The molecule has 7 heteroatoms. The van der Waals surface area contributed by atoms with Gasteiger partial charge in [-0.2, -0.15) is 4.98 Å². The van der Waals surface area contributed by atoms with Crippen LogP contribution in [0.15, 0.2) is 4.52 Å². The minimum Gasteiger partial charge on any atom is -0.481 e. The Hall–Kier alpha value is -1.92. The summed E-state index contributed by atoms with van der Waals surface area (Å²) in [6, 6.07) is 0. The van der Waals surface area contributed by atoms with E-state index in [1.807, 2.05) is 20.8 Å². The van der Waals surface area contributed by atoms with Crippen molar-refractivity contribution in [1.82, 2.24) is 15.0 Å². The van der Waals surface area contributed by atoms with Crippen molar-refractivity contribution in [2.75, 3.05) is 7.05 Å². The van der Waals surface area contributed by atoms with Crippen molar-refractivity contribution in [1.29, 1.82) is 0 Å². The van der Waals surface area contributed by atoms with E-state index < -0.39 is 17.3 Å². The molecule has 0 saturated heterocycles. The number of carboxylic acid groups (broad SMARTS) is 1. The van der Waals surface area contributed by atoms with Crippen LogP contribution in [0.1, 0.15) is 96.7 Å². The number of rotatable bonds is 9. The Labute approximate surface area is 174 Å². The molecule has 1 saturated carbocycles. The number of aromatic nitrogens is 2. The first-order chi connectivity index (χ1) is 13.6. The van der Waals surface area contributed by atoms with Gasteiger partial charge in [0, 0.05) is 14.0 Å². The molecule has 1 aliphatic carbocycles. The van der Waals surface area contributed by atoms with Crippen molar-refractivity contribution >= 4 is 11.9 Å². The molecular weight excluding hydrogens is 370 g/mol. The van der Waals surface area contributed by atoms with Crippen molar-refractivity contribution in [3.63, 3.8) is 0 Å². The lowest BCUT2D eigenvalue weighted by atomic mass is 9.71. The first-order valence-electron chi connectivity index (χ1n) is 10.9. The van der Waals surface area contributed by atoms with Gasteiger partial charge in [-0.25, -0.2) is 0 Å². The monoisotopic (exact) mass is 407 g/mol. The molecule has 1 amide bonds. The Morgan fingerprint density at radius 2 is 1.90 bits per heavy atom. The molecule has 1 heterocycles. The van der Waals surface area contributed by atoms with Gasteiger partial charge >= 0.3 is 5.97 Å². The van der Waals surface area contributed by atoms with E-state index in [1.165, 1.54) is 43.9 Å². The SMILES string of the molecule is CC(=O)N(C)Cc1noc([C@H](CCCC2CCCCC2)C(C(=O)O)C(C)(C)C)n1. The zero-order chi connectivity index (χ0) is 21.6. The van der Waals surface area contributed by atoms with Crippen LogP contribution >= 0.6 is 0 Å². The topological polar surface area (TPSA) is 96.5 Å². The highest BCUT2D eigenvalue weighted by molar-refractivity contribution is 5.73. The Balaban J connectivity index is 2.16. The van der Waals surface area contributed by atoms with Gasteiger partial charge in [0.1, 0.15) is 0 Å². The quantitative estimate of drug-likeness (QED) is 0.641. The maximum absolute atomic E-state index is 12.2. The molecule has 1 aromatic rings. The van der Waals surface area contributed by atoms with Crippen LogP contribution in [0, 0.1) is 17.3 Å². The second-order valence-corrected chi connectivity index (χ2v) is 9.65. The van der Waals surface area contributed by atoms with Gasteiger partial charge in [0.05, 0.1) is 18.4 Å². The molecule has 1 fully saturated rings. The van der Waals surface area contributed by atoms with Crippen LogP contribution in [-0.4, -0.2) is 39.1 Å². The number of hydrogen-bond acceptors (Lipinski definition) is 5. The van der Waals surface area contributed by atoms with Crippen molar-refractivity contribution < 1.29 is 19.2 Å². The van der Waals surface area contributed by atoms with Gasteiger partial charge in [-0.15, -0.1) is 0 Å². The Kier molecular flexibility index (Phi) is 8.23. The lowest BCUT2D eigenvalue weighted by molar-refractivity contribution is -0.147. The van der Waals surface area contributed by atoms with Gasteiger partial charge in [0.25, 0.3) is 0 Å². The molecule has 1 unspecified atom stereocenters. The maximum Gasteiger partial charge on any atom is 0.307 e. The van der Waals surface area contributed by atoms with E-state index in [1.54, 1.807) is 7.05 Å². The van der Waals surface area contributed by atoms with E-state index >= 15 is 0 Å². The number of carbonyl (C=O) groups excluding carboxylic acids is 1. The number of carbonyl (C=O) groups is 2. The molecule has 29 heavy (non-hydrogen) atoms.